The van der Waals surface area contributed by atoms with Gasteiger partial charge in [0.2, 0.25) is 0 Å². The Bertz CT molecular complexity index is 399. The van der Waals surface area contributed by atoms with Crippen molar-refractivity contribution in [2.24, 2.45) is 0 Å². The van der Waals surface area contributed by atoms with Gasteiger partial charge < -0.3 is 5.11 Å². The van der Waals surface area contributed by atoms with Crippen LogP contribution in [0.2, 0.25) is 0 Å². The number of rotatable bonds is 5. The highest BCUT2D eigenvalue weighted by Gasteiger charge is 2.24. The summed E-state index contributed by atoms with van der Waals surface area (Å²) in [7, 11) is 0. The highest BCUT2D eigenvalue weighted by Crippen LogP contribution is 2.23. The Labute approximate surface area is 108 Å². The topological polar surface area (TPSA) is 40.5 Å². The first-order valence-electron chi connectivity index (χ1n) is 6.66. The van der Waals surface area contributed by atoms with Crippen LogP contribution in [0.25, 0.3) is 0 Å². The van der Waals surface area contributed by atoms with Gasteiger partial charge in [0, 0.05) is 19.0 Å². The molecular weight excluding hydrogens is 226 g/mol. The van der Waals surface area contributed by atoms with Crippen molar-refractivity contribution < 1.29 is 9.90 Å². The van der Waals surface area contributed by atoms with E-state index in [0.717, 1.165) is 25.9 Å². The number of nitrogens with zero attached hydrogens (tertiary/aromatic N) is 1. The number of carbonyl (C=O) groups is 1. The van der Waals surface area contributed by atoms with Crippen LogP contribution in [0, 0.1) is 6.92 Å². The van der Waals surface area contributed by atoms with E-state index in [4.69, 9.17) is 5.11 Å². The van der Waals surface area contributed by atoms with Crippen LogP contribution in [0.5, 0.6) is 0 Å². The molecule has 98 valence electrons. The molecule has 0 aromatic heterocycles. The number of aliphatic carboxylic acids is 1. The van der Waals surface area contributed by atoms with E-state index in [9.17, 15) is 4.79 Å². The number of hydrogen-bond donors (Lipinski definition) is 1. The minimum Gasteiger partial charge on any atom is -0.481 e. The maximum atomic E-state index is 10.6. The lowest BCUT2D eigenvalue weighted by Crippen LogP contribution is -2.29. The van der Waals surface area contributed by atoms with Crippen LogP contribution >= 0.6 is 0 Å². The molecule has 18 heavy (non-hydrogen) atoms. The minimum atomic E-state index is -0.683. The summed E-state index contributed by atoms with van der Waals surface area (Å²) >= 11 is 0. The molecule has 0 saturated carbocycles. The first kappa shape index (κ1) is 13.1. The molecule has 1 aliphatic rings. The predicted molar refractivity (Wildman–Crippen MR) is 71.5 cm³/mol. The summed E-state index contributed by atoms with van der Waals surface area (Å²) in [5, 5.41) is 8.76. The van der Waals surface area contributed by atoms with Crippen LogP contribution < -0.4 is 0 Å². The van der Waals surface area contributed by atoms with Gasteiger partial charge >= 0.3 is 5.97 Å². The summed E-state index contributed by atoms with van der Waals surface area (Å²) < 4.78 is 0. The van der Waals surface area contributed by atoms with Crippen molar-refractivity contribution in [2.75, 3.05) is 6.54 Å². The zero-order valence-electron chi connectivity index (χ0n) is 10.9. The van der Waals surface area contributed by atoms with Gasteiger partial charge in [0.1, 0.15) is 0 Å². The number of benzene rings is 1. The van der Waals surface area contributed by atoms with E-state index < -0.39 is 5.97 Å². The molecule has 0 aliphatic carbocycles. The molecule has 0 amide bonds. The molecule has 3 heteroatoms. The highest BCUT2D eigenvalue weighted by atomic mass is 16.4. The van der Waals surface area contributed by atoms with E-state index in [-0.39, 0.29) is 6.42 Å². The second kappa shape index (κ2) is 6.01. The van der Waals surface area contributed by atoms with Gasteiger partial charge in [0.25, 0.3) is 0 Å². The summed E-state index contributed by atoms with van der Waals surface area (Å²) in [4.78, 5) is 13.1. The third-order valence-corrected chi connectivity index (χ3v) is 3.70. The Morgan fingerprint density at radius 3 is 2.78 bits per heavy atom. The average molecular weight is 247 g/mol. The standard InChI is InChI=1S/C15H21NO2/c1-12-4-6-13(7-5-12)11-16-10-2-3-14(16)8-9-15(17)18/h4-7,14H,2-3,8-11H2,1H3,(H,17,18). The van der Waals surface area contributed by atoms with Gasteiger partial charge in [0.05, 0.1) is 0 Å². The van der Waals surface area contributed by atoms with Crippen LogP contribution in [-0.4, -0.2) is 28.6 Å². The zero-order chi connectivity index (χ0) is 13.0. The van der Waals surface area contributed by atoms with Gasteiger partial charge in [0.15, 0.2) is 0 Å². The number of likely N-dealkylation sites (tertiary alicyclic amines) is 1. The fraction of sp³-hybridized carbons (Fsp3) is 0.533. The van der Waals surface area contributed by atoms with Gasteiger partial charge in [-0.2, -0.15) is 0 Å². The normalized spacial score (nSPS) is 20.2. The van der Waals surface area contributed by atoms with Gasteiger partial charge in [-0.1, -0.05) is 29.8 Å². The fourth-order valence-electron chi connectivity index (χ4n) is 2.65. The first-order valence-corrected chi connectivity index (χ1v) is 6.66. The van der Waals surface area contributed by atoms with Crippen molar-refractivity contribution >= 4 is 5.97 Å². The van der Waals surface area contributed by atoms with Crippen LogP contribution in [0.3, 0.4) is 0 Å². The Morgan fingerprint density at radius 2 is 2.11 bits per heavy atom. The maximum absolute atomic E-state index is 10.6. The van der Waals surface area contributed by atoms with Crippen molar-refractivity contribution in [1.82, 2.24) is 4.90 Å². The van der Waals surface area contributed by atoms with E-state index in [0.29, 0.717) is 6.04 Å². The van der Waals surface area contributed by atoms with Crippen molar-refractivity contribution in [3.8, 4) is 0 Å². The van der Waals surface area contributed by atoms with Crippen molar-refractivity contribution in [3.63, 3.8) is 0 Å². The van der Waals surface area contributed by atoms with E-state index >= 15 is 0 Å². The molecule has 0 spiro atoms. The van der Waals surface area contributed by atoms with E-state index in [1.165, 1.54) is 17.5 Å². The number of aryl methyl sites for hydroxylation is 1. The molecule has 1 heterocycles. The first-order chi connectivity index (χ1) is 8.65. The van der Waals surface area contributed by atoms with Gasteiger partial charge in [-0.15, -0.1) is 0 Å². The van der Waals surface area contributed by atoms with Gasteiger partial charge in [-0.25, -0.2) is 0 Å². The fourth-order valence-corrected chi connectivity index (χ4v) is 2.65. The zero-order valence-corrected chi connectivity index (χ0v) is 10.9. The summed E-state index contributed by atoms with van der Waals surface area (Å²) in [5.74, 6) is -0.683. The Morgan fingerprint density at radius 1 is 1.39 bits per heavy atom. The Hall–Kier alpha value is -1.35. The van der Waals surface area contributed by atoms with E-state index in [1.807, 2.05) is 0 Å². The summed E-state index contributed by atoms with van der Waals surface area (Å²) in [5.41, 5.74) is 2.60. The molecule has 1 saturated heterocycles. The minimum absolute atomic E-state index is 0.287. The Kier molecular flexibility index (Phi) is 4.37. The summed E-state index contributed by atoms with van der Waals surface area (Å²) in [6.07, 6.45) is 3.39. The average Bonchev–Trinajstić information content (AvgIpc) is 2.77. The maximum Gasteiger partial charge on any atom is 0.303 e. The molecule has 3 nitrogen and oxygen atoms in total. The smallest absolute Gasteiger partial charge is 0.303 e. The molecular formula is C15H21NO2. The van der Waals surface area contributed by atoms with Crippen molar-refractivity contribution in [2.45, 2.75) is 45.2 Å². The molecule has 2 rings (SSSR count). The molecule has 0 bridgehead atoms. The molecule has 1 aromatic rings. The highest BCUT2D eigenvalue weighted by molar-refractivity contribution is 5.66. The van der Waals surface area contributed by atoms with Gasteiger partial charge in [-0.3, -0.25) is 9.69 Å². The SMILES string of the molecule is Cc1ccc(CN2CCCC2CCC(=O)O)cc1. The number of carboxylic acids is 1. The number of hydrogen-bond acceptors (Lipinski definition) is 2. The monoisotopic (exact) mass is 247 g/mol. The third kappa shape index (κ3) is 3.57. The van der Waals surface area contributed by atoms with Crippen molar-refractivity contribution in [1.29, 1.82) is 0 Å². The molecule has 1 N–H and O–H groups in total. The van der Waals surface area contributed by atoms with E-state index in [2.05, 4.69) is 36.1 Å². The lowest BCUT2D eigenvalue weighted by Gasteiger charge is -2.24. The molecule has 1 unspecified atom stereocenters. The predicted octanol–water partition coefficient (Wildman–Crippen LogP) is 2.82. The molecule has 1 aliphatic heterocycles. The van der Waals surface area contributed by atoms with Crippen LogP contribution in [0.1, 0.15) is 36.8 Å². The second-order valence-electron chi connectivity index (χ2n) is 5.18. The molecule has 1 atom stereocenters. The van der Waals surface area contributed by atoms with Crippen molar-refractivity contribution in [3.05, 3.63) is 35.4 Å². The largest absolute Gasteiger partial charge is 0.481 e. The van der Waals surface area contributed by atoms with Crippen LogP contribution in [-0.2, 0) is 11.3 Å². The van der Waals surface area contributed by atoms with Crippen LogP contribution in [0.4, 0.5) is 0 Å². The lowest BCUT2D eigenvalue weighted by molar-refractivity contribution is -0.137. The number of carboxylic acid groups (broad SMARTS) is 1. The third-order valence-electron chi connectivity index (χ3n) is 3.70. The Balaban J connectivity index is 1.91. The second-order valence-corrected chi connectivity index (χ2v) is 5.18. The van der Waals surface area contributed by atoms with Crippen LogP contribution in [0.15, 0.2) is 24.3 Å². The summed E-state index contributed by atoms with van der Waals surface area (Å²) in [6.45, 7) is 4.14. The summed E-state index contributed by atoms with van der Waals surface area (Å²) in [6, 6.07) is 9.06. The molecule has 1 fully saturated rings. The van der Waals surface area contributed by atoms with Gasteiger partial charge in [-0.05, 0) is 38.3 Å². The molecule has 0 radical (unpaired) electrons. The lowest BCUT2D eigenvalue weighted by atomic mass is 10.1. The van der Waals surface area contributed by atoms with E-state index in [1.54, 1.807) is 0 Å². The molecule has 1 aromatic carbocycles. The quantitative estimate of drug-likeness (QED) is 0.869.